The number of aromatic carboxylic acids is 1. The minimum atomic E-state index is -0.949. The van der Waals surface area contributed by atoms with Crippen molar-refractivity contribution in [3.05, 3.63) is 36.0 Å². The first-order valence-electron chi connectivity index (χ1n) is 7.07. The molecule has 0 bridgehead atoms. The number of pyridine rings is 1. The van der Waals surface area contributed by atoms with Gasteiger partial charge < -0.3 is 14.7 Å². The van der Waals surface area contributed by atoms with Crippen LogP contribution in [0.2, 0.25) is 0 Å². The fourth-order valence-electron chi connectivity index (χ4n) is 2.98. The zero-order valence-electron chi connectivity index (χ0n) is 12.1. The number of carboxylic acid groups (broad SMARTS) is 1. The third kappa shape index (κ3) is 2.56. The first kappa shape index (κ1) is 13.8. The first-order chi connectivity index (χ1) is 10.1. The average molecular weight is 286 g/mol. The van der Waals surface area contributed by atoms with E-state index in [-0.39, 0.29) is 17.8 Å². The Labute approximate surface area is 123 Å². The van der Waals surface area contributed by atoms with Crippen molar-refractivity contribution in [1.82, 2.24) is 4.98 Å². The minimum Gasteiger partial charge on any atom is -0.478 e. The van der Waals surface area contributed by atoms with Gasteiger partial charge in [-0.1, -0.05) is 18.2 Å². The maximum absolute atomic E-state index is 11.6. The largest absolute Gasteiger partial charge is 0.478 e. The van der Waals surface area contributed by atoms with Crippen LogP contribution in [0.3, 0.4) is 0 Å². The number of carbonyl (C=O) groups is 1. The number of fused-ring (bicyclic) bond motifs is 1. The molecule has 0 radical (unpaired) electrons. The molecule has 1 aliphatic rings. The molecule has 21 heavy (non-hydrogen) atoms. The van der Waals surface area contributed by atoms with Gasteiger partial charge in [0.1, 0.15) is 5.56 Å². The van der Waals surface area contributed by atoms with Crippen molar-refractivity contribution >= 4 is 22.6 Å². The van der Waals surface area contributed by atoms with E-state index < -0.39 is 5.97 Å². The molecule has 1 fully saturated rings. The molecule has 0 spiro atoms. The highest BCUT2D eigenvalue weighted by atomic mass is 16.5. The molecular formula is C16H18N2O3. The molecular weight excluding hydrogens is 268 g/mol. The van der Waals surface area contributed by atoms with E-state index in [0.29, 0.717) is 13.1 Å². The fraction of sp³-hybridized carbons (Fsp3) is 0.375. The van der Waals surface area contributed by atoms with Crippen molar-refractivity contribution in [3.8, 4) is 0 Å². The molecule has 0 saturated carbocycles. The molecule has 1 aromatic carbocycles. The van der Waals surface area contributed by atoms with Crippen molar-refractivity contribution in [2.75, 3.05) is 18.0 Å². The molecule has 3 rings (SSSR count). The summed E-state index contributed by atoms with van der Waals surface area (Å²) in [6.45, 7) is 5.37. The zero-order chi connectivity index (χ0) is 15.0. The summed E-state index contributed by atoms with van der Waals surface area (Å²) in [4.78, 5) is 17.9. The topological polar surface area (TPSA) is 62.7 Å². The number of aromatic nitrogens is 1. The summed E-state index contributed by atoms with van der Waals surface area (Å²) in [7, 11) is 0. The standard InChI is InChI=1S/C16H18N2O3/c1-10-8-18(9-11(2)21-10)15-12-5-3-4-6-14(12)17-7-13(15)16(19)20/h3-7,10-11H,8-9H2,1-2H3,(H,19,20)/t10-,11+. The van der Waals surface area contributed by atoms with Crippen LogP contribution in [-0.2, 0) is 4.74 Å². The van der Waals surface area contributed by atoms with Gasteiger partial charge >= 0.3 is 5.97 Å². The predicted molar refractivity (Wildman–Crippen MR) is 80.9 cm³/mol. The number of benzene rings is 1. The Morgan fingerprint density at radius 3 is 2.62 bits per heavy atom. The highest BCUT2D eigenvalue weighted by Crippen LogP contribution is 2.31. The second-order valence-electron chi connectivity index (χ2n) is 5.51. The molecule has 0 aliphatic carbocycles. The Morgan fingerprint density at radius 2 is 1.95 bits per heavy atom. The molecule has 1 N–H and O–H groups in total. The van der Waals surface area contributed by atoms with Crippen molar-refractivity contribution in [2.24, 2.45) is 0 Å². The highest BCUT2D eigenvalue weighted by molar-refractivity contribution is 6.04. The quantitative estimate of drug-likeness (QED) is 0.919. The second kappa shape index (κ2) is 5.33. The summed E-state index contributed by atoms with van der Waals surface area (Å²) in [6, 6.07) is 7.64. The number of nitrogens with zero attached hydrogens (tertiary/aromatic N) is 2. The monoisotopic (exact) mass is 286 g/mol. The fourth-order valence-corrected chi connectivity index (χ4v) is 2.98. The van der Waals surface area contributed by atoms with Gasteiger partial charge in [-0.15, -0.1) is 0 Å². The lowest BCUT2D eigenvalue weighted by atomic mass is 10.1. The third-order valence-corrected chi connectivity index (χ3v) is 3.71. The number of hydrogen-bond donors (Lipinski definition) is 1. The summed E-state index contributed by atoms with van der Waals surface area (Å²) in [5.41, 5.74) is 1.80. The molecule has 5 nitrogen and oxygen atoms in total. The van der Waals surface area contributed by atoms with Crippen LogP contribution >= 0.6 is 0 Å². The lowest BCUT2D eigenvalue weighted by Gasteiger charge is -2.37. The Morgan fingerprint density at radius 1 is 1.29 bits per heavy atom. The van der Waals surface area contributed by atoms with Crippen molar-refractivity contribution < 1.29 is 14.6 Å². The molecule has 1 saturated heterocycles. The molecule has 2 atom stereocenters. The molecule has 0 amide bonds. The molecule has 110 valence electrons. The van der Waals surface area contributed by atoms with Crippen LogP contribution in [0.25, 0.3) is 10.9 Å². The zero-order valence-corrected chi connectivity index (χ0v) is 12.1. The summed E-state index contributed by atoms with van der Waals surface area (Å²) in [6.07, 6.45) is 1.59. The first-order valence-corrected chi connectivity index (χ1v) is 7.07. The molecule has 2 heterocycles. The van der Waals surface area contributed by atoms with Crippen LogP contribution in [0.1, 0.15) is 24.2 Å². The second-order valence-corrected chi connectivity index (χ2v) is 5.51. The molecule has 1 aliphatic heterocycles. The van der Waals surface area contributed by atoms with Crippen molar-refractivity contribution in [3.63, 3.8) is 0 Å². The molecule has 0 unspecified atom stereocenters. The van der Waals surface area contributed by atoms with E-state index in [2.05, 4.69) is 9.88 Å². The van der Waals surface area contributed by atoms with E-state index >= 15 is 0 Å². The van der Waals surface area contributed by atoms with Gasteiger partial charge in [-0.2, -0.15) is 0 Å². The maximum Gasteiger partial charge on any atom is 0.339 e. The minimum absolute atomic E-state index is 0.0716. The van der Waals surface area contributed by atoms with Crippen molar-refractivity contribution in [1.29, 1.82) is 0 Å². The SMILES string of the molecule is C[C@@H]1CN(c2c(C(=O)O)cnc3ccccc23)C[C@H](C)O1. The highest BCUT2D eigenvalue weighted by Gasteiger charge is 2.27. The van der Waals surface area contributed by atoms with Crippen LogP contribution in [0.5, 0.6) is 0 Å². The van der Waals surface area contributed by atoms with Crippen LogP contribution in [0.4, 0.5) is 5.69 Å². The smallest absolute Gasteiger partial charge is 0.339 e. The van der Waals surface area contributed by atoms with E-state index in [0.717, 1.165) is 16.6 Å². The number of anilines is 1. The molecule has 5 heteroatoms. The van der Waals surface area contributed by atoms with E-state index in [4.69, 9.17) is 4.74 Å². The van der Waals surface area contributed by atoms with Gasteiger partial charge in [0.05, 0.1) is 23.4 Å². The van der Waals surface area contributed by atoms with Gasteiger partial charge in [0.25, 0.3) is 0 Å². The van der Waals surface area contributed by atoms with Crippen LogP contribution in [0.15, 0.2) is 30.5 Å². The lowest BCUT2D eigenvalue weighted by molar-refractivity contribution is -0.00523. The third-order valence-electron chi connectivity index (χ3n) is 3.71. The number of para-hydroxylation sites is 1. The molecule has 1 aromatic heterocycles. The van der Waals surface area contributed by atoms with Gasteiger partial charge in [0, 0.05) is 24.7 Å². The van der Waals surface area contributed by atoms with Crippen molar-refractivity contribution in [2.45, 2.75) is 26.1 Å². The Kier molecular flexibility index (Phi) is 3.51. The van der Waals surface area contributed by atoms with E-state index in [1.54, 1.807) is 0 Å². The van der Waals surface area contributed by atoms with Gasteiger partial charge in [0.15, 0.2) is 0 Å². The Balaban J connectivity index is 2.18. The van der Waals surface area contributed by atoms with Crippen LogP contribution in [0, 0.1) is 0 Å². The van der Waals surface area contributed by atoms with E-state index in [1.807, 2.05) is 38.1 Å². The lowest BCUT2D eigenvalue weighted by Crippen LogP contribution is -2.46. The Bertz CT molecular complexity index is 676. The van der Waals surface area contributed by atoms with Gasteiger partial charge in [-0.3, -0.25) is 4.98 Å². The van der Waals surface area contributed by atoms with Gasteiger partial charge in [0.2, 0.25) is 0 Å². The summed E-state index contributed by atoms with van der Waals surface area (Å²) < 4.78 is 5.75. The summed E-state index contributed by atoms with van der Waals surface area (Å²) in [5, 5.41) is 10.4. The van der Waals surface area contributed by atoms with Gasteiger partial charge in [-0.25, -0.2) is 4.79 Å². The average Bonchev–Trinajstić information content (AvgIpc) is 2.44. The van der Waals surface area contributed by atoms with Gasteiger partial charge in [-0.05, 0) is 19.9 Å². The normalized spacial score (nSPS) is 22.5. The Hall–Kier alpha value is -2.14. The number of morpholine rings is 1. The van der Waals surface area contributed by atoms with Crippen LogP contribution in [-0.4, -0.2) is 41.4 Å². The summed E-state index contributed by atoms with van der Waals surface area (Å²) in [5.74, 6) is -0.949. The number of carboxylic acids is 1. The number of rotatable bonds is 2. The maximum atomic E-state index is 11.6. The van der Waals surface area contributed by atoms with E-state index in [9.17, 15) is 9.90 Å². The predicted octanol–water partition coefficient (Wildman–Crippen LogP) is 2.55. The van der Waals surface area contributed by atoms with Crippen LogP contribution < -0.4 is 4.90 Å². The number of hydrogen-bond acceptors (Lipinski definition) is 4. The summed E-state index contributed by atoms with van der Waals surface area (Å²) >= 11 is 0. The van der Waals surface area contributed by atoms with E-state index in [1.165, 1.54) is 6.20 Å². The molecule has 2 aromatic rings. The number of ether oxygens (including phenoxy) is 1.